The summed E-state index contributed by atoms with van der Waals surface area (Å²) in [6, 6.07) is 16.0. The van der Waals surface area contributed by atoms with Crippen molar-refractivity contribution in [2.24, 2.45) is 0 Å². The summed E-state index contributed by atoms with van der Waals surface area (Å²) in [6.45, 7) is 1.43. The molecule has 136 valence electrons. The molecule has 0 fully saturated rings. The van der Waals surface area contributed by atoms with Crippen molar-refractivity contribution in [1.29, 1.82) is 0 Å². The SMILES string of the molecule is Cl.O=C1CC(C(=O)NCC2NCCc3ccccc32)c2ccccc2N1. The number of amides is 2. The fourth-order valence-corrected chi connectivity index (χ4v) is 3.75. The minimum atomic E-state index is -0.427. The maximum atomic E-state index is 12.7. The van der Waals surface area contributed by atoms with Crippen LogP contribution in [0.1, 0.15) is 35.1 Å². The van der Waals surface area contributed by atoms with Crippen LogP contribution < -0.4 is 16.0 Å². The van der Waals surface area contributed by atoms with Gasteiger partial charge >= 0.3 is 0 Å². The van der Waals surface area contributed by atoms with Crippen LogP contribution in [-0.4, -0.2) is 24.9 Å². The van der Waals surface area contributed by atoms with Gasteiger partial charge in [0, 0.05) is 24.7 Å². The van der Waals surface area contributed by atoms with Gasteiger partial charge in [-0.2, -0.15) is 0 Å². The number of fused-ring (bicyclic) bond motifs is 2. The normalized spacial score (nSPS) is 20.8. The first kappa shape index (κ1) is 18.4. The Labute approximate surface area is 159 Å². The van der Waals surface area contributed by atoms with Gasteiger partial charge in [0.1, 0.15) is 0 Å². The number of hydrogen-bond acceptors (Lipinski definition) is 3. The molecule has 2 atom stereocenters. The highest BCUT2D eigenvalue weighted by atomic mass is 35.5. The molecule has 2 aromatic rings. The highest BCUT2D eigenvalue weighted by Gasteiger charge is 2.31. The summed E-state index contributed by atoms with van der Waals surface area (Å²) in [5.74, 6) is -0.629. The summed E-state index contributed by atoms with van der Waals surface area (Å²) < 4.78 is 0. The monoisotopic (exact) mass is 371 g/mol. The van der Waals surface area contributed by atoms with Gasteiger partial charge in [-0.15, -0.1) is 12.4 Å². The van der Waals surface area contributed by atoms with Gasteiger partial charge < -0.3 is 16.0 Å². The number of anilines is 1. The summed E-state index contributed by atoms with van der Waals surface area (Å²) in [5.41, 5.74) is 4.20. The molecule has 26 heavy (non-hydrogen) atoms. The van der Waals surface area contributed by atoms with Crippen LogP contribution in [0.25, 0.3) is 0 Å². The van der Waals surface area contributed by atoms with Crippen molar-refractivity contribution in [3.8, 4) is 0 Å². The topological polar surface area (TPSA) is 70.2 Å². The summed E-state index contributed by atoms with van der Waals surface area (Å²) in [7, 11) is 0. The van der Waals surface area contributed by atoms with Gasteiger partial charge in [-0.05, 0) is 35.7 Å². The number of para-hydroxylation sites is 1. The van der Waals surface area contributed by atoms with E-state index in [1.165, 1.54) is 11.1 Å². The van der Waals surface area contributed by atoms with E-state index in [9.17, 15) is 9.59 Å². The predicted molar refractivity (Wildman–Crippen MR) is 104 cm³/mol. The van der Waals surface area contributed by atoms with E-state index in [-0.39, 0.29) is 36.7 Å². The third-order valence-electron chi connectivity index (χ3n) is 5.01. The van der Waals surface area contributed by atoms with Crippen LogP contribution in [-0.2, 0) is 16.0 Å². The molecular formula is C20H22ClN3O2. The zero-order chi connectivity index (χ0) is 17.2. The summed E-state index contributed by atoms with van der Waals surface area (Å²) in [5, 5.41) is 9.34. The average Bonchev–Trinajstić information content (AvgIpc) is 2.65. The minimum Gasteiger partial charge on any atom is -0.354 e. The van der Waals surface area contributed by atoms with Gasteiger partial charge in [-0.1, -0.05) is 42.5 Å². The Morgan fingerprint density at radius 1 is 1.08 bits per heavy atom. The molecule has 0 bridgehead atoms. The Morgan fingerprint density at radius 2 is 1.81 bits per heavy atom. The van der Waals surface area contributed by atoms with Crippen molar-refractivity contribution in [3.05, 3.63) is 65.2 Å². The number of rotatable bonds is 3. The molecule has 2 unspecified atom stereocenters. The molecule has 2 heterocycles. The number of nitrogens with one attached hydrogen (secondary N) is 3. The second-order valence-corrected chi connectivity index (χ2v) is 6.59. The molecule has 5 nitrogen and oxygen atoms in total. The van der Waals surface area contributed by atoms with Crippen LogP contribution >= 0.6 is 12.4 Å². The van der Waals surface area contributed by atoms with E-state index in [2.05, 4.69) is 34.1 Å². The minimum absolute atomic E-state index is 0. The van der Waals surface area contributed by atoms with E-state index >= 15 is 0 Å². The molecule has 3 N–H and O–H groups in total. The molecule has 2 amide bonds. The average molecular weight is 372 g/mol. The standard InChI is InChI=1S/C20H21N3O2.ClH/c24-19-11-16(15-7-3-4-8-17(15)23-19)20(25)22-12-18-14-6-2-1-5-13(14)9-10-21-18;/h1-8,16,18,21H,9-12H2,(H,22,25)(H,23,24);1H. The summed E-state index contributed by atoms with van der Waals surface area (Å²) in [4.78, 5) is 24.6. The number of hydrogen-bond donors (Lipinski definition) is 3. The van der Waals surface area contributed by atoms with Crippen LogP contribution in [0.4, 0.5) is 5.69 Å². The Kier molecular flexibility index (Phi) is 5.59. The van der Waals surface area contributed by atoms with Crippen LogP contribution in [0.5, 0.6) is 0 Å². The molecular weight excluding hydrogens is 350 g/mol. The second kappa shape index (κ2) is 7.89. The van der Waals surface area contributed by atoms with Crippen molar-refractivity contribution in [1.82, 2.24) is 10.6 Å². The van der Waals surface area contributed by atoms with E-state index in [4.69, 9.17) is 0 Å². The maximum absolute atomic E-state index is 12.7. The van der Waals surface area contributed by atoms with Gasteiger partial charge in [-0.25, -0.2) is 0 Å². The number of carbonyl (C=O) groups is 2. The lowest BCUT2D eigenvalue weighted by Crippen LogP contribution is -2.41. The van der Waals surface area contributed by atoms with Crippen LogP contribution in [0, 0.1) is 0 Å². The summed E-state index contributed by atoms with van der Waals surface area (Å²) >= 11 is 0. The van der Waals surface area contributed by atoms with Crippen molar-refractivity contribution < 1.29 is 9.59 Å². The zero-order valence-corrected chi connectivity index (χ0v) is 15.1. The van der Waals surface area contributed by atoms with E-state index in [1.807, 2.05) is 30.3 Å². The Balaban J connectivity index is 0.00000196. The highest BCUT2D eigenvalue weighted by Crippen LogP contribution is 2.32. The fraction of sp³-hybridized carbons (Fsp3) is 0.300. The van der Waals surface area contributed by atoms with Crippen molar-refractivity contribution in [2.75, 3.05) is 18.4 Å². The van der Waals surface area contributed by atoms with E-state index in [0.717, 1.165) is 24.2 Å². The summed E-state index contributed by atoms with van der Waals surface area (Å²) in [6.07, 6.45) is 1.20. The van der Waals surface area contributed by atoms with Gasteiger partial charge in [0.25, 0.3) is 0 Å². The van der Waals surface area contributed by atoms with E-state index in [0.29, 0.717) is 6.54 Å². The molecule has 2 aliphatic heterocycles. The number of carbonyl (C=O) groups excluding carboxylic acids is 2. The third kappa shape index (κ3) is 3.59. The third-order valence-corrected chi connectivity index (χ3v) is 5.01. The first-order valence-corrected chi connectivity index (χ1v) is 8.70. The smallest absolute Gasteiger partial charge is 0.228 e. The van der Waals surface area contributed by atoms with E-state index < -0.39 is 5.92 Å². The van der Waals surface area contributed by atoms with Crippen LogP contribution in [0.3, 0.4) is 0 Å². The lowest BCUT2D eigenvalue weighted by Gasteiger charge is -2.29. The van der Waals surface area contributed by atoms with Crippen molar-refractivity contribution in [3.63, 3.8) is 0 Å². The number of benzene rings is 2. The van der Waals surface area contributed by atoms with Gasteiger partial charge in [0.05, 0.1) is 5.92 Å². The molecule has 0 saturated carbocycles. The Bertz CT molecular complexity index is 824. The first-order valence-electron chi connectivity index (χ1n) is 8.70. The van der Waals surface area contributed by atoms with E-state index in [1.54, 1.807) is 0 Å². The van der Waals surface area contributed by atoms with Crippen LogP contribution in [0.2, 0.25) is 0 Å². The molecule has 6 heteroatoms. The second-order valence-electron chi connectivity index (χ2n) is 6.59. The maximum Gasteiger partial charge on any atom is 0.228 e. The van der Waals surface area contributed by atoms with Crippen molar-refractivity contribution in [2.45, 2.75) is 24.8 Å². The molecule has 4 rings (SSSR count). The molecule has 0 radical (unpaired) electrons. The largest absolute Gasteiger partial charge is 0.354 e. The van der Waals surface area contributed by atoms with Gasteiger partial charge in [0.15, 0.2) is 0 Å². The molecule has 0 aromatic heterocycles. The lowest BCUT2D eigenvalue weighted by molar-refractivity contribution is -0.126. The first-order chi connectivity index (χ1) is 12.2. The predicted octanol–water partition coefficient (Wildman–Crippen LogP) is 2.54. The Hall–Kier alpha value is -2.37. The van der Waals surface area contributed by atoms with Gasteiger partial charge in [0.2, 0.25) is 11.8 Å². The molecule has 0 aliphatic carbocycles. The van der Waals surface area contributed by atoms with Gasteiger partial charge in [-0.3, -0.25) is 9.59 Å². The Morgan fingerprint density at radius 3 is 2.65 bits per heavy atom. The molecule has 0 saturated heterocycles. The molecule has 0 spiro atoms. The lowest BCUT2D eigenvalue weighted by atomic mass is 9.89. The molecule has 2 aliphatic rings. The zero-order valence-electron chi connectivity index (χ0n) is 14.3. The van der Waals surface area contributed by atoms with Crippen molar-refractivity contribution >= 4 is 29.9 Å². The quantitative estimate of drug-likeness (QED) is 0.776. The fourth-order valence-electron chi connectivity index (χ4n) is 3.75. The highest BCUT2D eigenvalue weighted by molar-refractivity contribution is 6.01. The molecule has 2 aromatic carbocycles. The van der Waals surface area contributed by atoms with Crippen LogP contribution in [0.15, 0.2) is 48.5 Å². The number of halogens is 1.